The van der Waals surface area contributed by atoms with Crippen molar-refractivity contribution in [2.24, 2.45) is 16.6 Å². The number of pyridine rings is 1. The molecule has 21 heavy (non-hydrogen) atoms. The lowest BCUT2D eigenvalue weighted by molar-refractivity contribution is -0.132. The molecular weight excluding hydrogens is 266 g/mol. The third kappa shape index (κ3) is 4.28. The number of carbonyl (C=O) groups excluding carboxylic acids is 2. The average Bonchev–Trinajstić information content (AvgIpc) is 2.40. The Bertz CT molecular complexity index is 523. The van der Waals surface area contributed by atoms with E-state index in [0.29, 0.717) is 18.5 Å². The van der Waals surface area contributed by atoms with E-state index in [1.165, 1.54) is 0 Å². The van der Waals surface area contributed by atoms with Gasteiger partial charge in [-0.2, -0.15) is 0 Å². The summed E-state index contributed by atoms with van der Waals surface area (Å²) in [6.45, 7) is 9.21. The minimum Gasteiger partial charge on any atom is -0.369 e. The summed E-state index contributed by atoms with van der Waals surface area (Å²) in [6, 6.07) is 3.65. The van der Waals surface area contributed by atoms with E-state index in [1.807, 2.05) is 32.9 Å². The number of hydrogen-bond acceptors (Lipinski definition) is 3. The van der Waals surface area contributed by atoms with Crippen LogP contribution in [0, 0.1) is 17.8 Å². The molecule has 0 radical (unpaired) electrons. The summed E-state index contributed by atoms with van der Waals surface area (Å²) in [5, 5.41) is 2.87. The highest BCUT2D eigenvalue weighted by molar-refractivity contribution is 5.95. The van der Waals surface area contributed by atoms with Crippen LogP contribution < -0.4 is 11.1 Å². The molecule has 0 aliphatic rings. The summed E-state index contributed by atoms with van der Waals surface area (Å²) in [4.78, 5) is 28.2. The van der Waals surface area contributed by atoms with Gasteiger partial charge in [-0.05, 0) is 31.9 Å². The number of nitrogens with two attached hydrogens (primary N) is 1. The smallest absolute Gasteiger partial charge is 0.230 e. The SMILES string of the molecule is CCC(C)(CC(C)(C)C(N)=O)C(=O)Nc1ccc(C)nc1. The first-order valence-electron chi connectivity index (χ1n) is 7.15. The third-order valence-electron chi connectivity index (χ3n) is 4.00. The van der Waals surface area contributed by atoms with Crippen molar-refractivity contribution in [3.8, 4) is 0 Å². The Morgan fingerprint density at radius 1 is 1.29 bits per heavy atom. The van der Waals surface area contributed by atoms with Crippen LogP contribution in [-0.2, 0) is 9.59 Å². The Morgan fingerprint density at radius 2 is 1.90 bits per heavy atom. The Morgan fingerprint density at radius 3 is 2.33 bits per heavy atom. The van der Waals surface area contributed by atoms with Gasteiger partial charge in [-0.15, -0.1) is 0 Å². The molecule has 1 atom stereocenters. The van der Waals surface area contributed by atoms with Gasteiger partial charge in [0.2, 0.25) is 11.8 Å². The van der Waals surface area contributed by atoms with Crippen LogP contribution in [-0.4, -0.2) is 16.8 Å². The van der Waals surface area contributed by atoms with E-state index < -0.39 is 16.7 Å². The van der Waals surface area contributed by atoms with E-state index in [0.717, 1.165) is 5.69 Å². The Hall–Kier alpha value is -1.91. The van der Waals surface area contributed by atoms with Gasteiger partial charge < -0.3 is 11.1 Å². The molecule has 0 aliphatic carbocycles. The van der Waals surface area contributed by atoms with Crippen molar-refractivity contribution in [1.82, 2.24) is 4.98 Å². The predicted octanol–water partition coefficient (Wildman–Crippen LogP) is 2.65. The van der Waals surface area contributed by atoms with Crippen LogP contribution in [0.2, 0.25) is 0 Å². The molecule has 0 spiro atoms. The van der Waals surface area contributed by atoms with Crippen molar-refractivity contribution in [2.75, 3.05) is 5.32 Å². The van der Waals surface area contributed by atoms with Gasteiger partial charge in [-0.25, -0.2) is 0 Å². The van der Waals surface area contributed by atoms with E-state index in [9.17, 15) is 9.59 Å². The normalized spacial score (nSPS) is 14.3. The first kappa shape index (κ1) is 17.1. The molecule has 1 rings (SSSR count). The highest BCUT2D eigenvalue weighted by Crippen LogP contribution is 2.37. The molecule has 5 nitrogen and oxygen atoms in total. The van der Waals surface area contributed by atoms with Gasteiger partial charge in [0.15, 0.2) is 0 Å². The molecule has 0 bridgehead atoms. The van der Waals surface area contributed by atoms with Crippen LogP contribution in [0.1, 0.15) is 46.2 Å². The molecular formula is C16H25N3O2. The molecule has 0 saturated heterocycles. The van der Waals surface area contributed by atoms with E-state index in [2.05, 4.69) is 10.3 Å². The molecule has 0 fully saturated rings. The highest BCUT2D eigenvalue weighted by Gasteiger charge is 2.40. The number of hydrogen-bond donors (Lipinski definition) is 2. The molecule has 1 unspecified atom stereocenters. The zero-order chi connectivity index (χ0) is 16.3. The molecule has 5 heteroatoms. The van der Waals surface area contributed by atoms with Crippen LogP contribution in [0.25, 0.3) is 0 Å². The van der Waals surface area contributed by atoms with Crippen LogP contribution in [0.3, 0.4) is 0 Å². The van der Waals surface area contributed by atoms with E-state index in [1.54, 1.807) is 20.0 Å². The number of aryl methyl sites for hydroxylation is 1. The fourth-order valence-corrected chi connectivity index (χ4v) is 2.25. The summed E-state index contributed by atoms with van der Waals surface area (Å²) in [5.74, 6) is -0.517. The molecule has 0 saturated carbocycles. The maximum absolute atomic E-state index is 12.6. The van der Waals surface area contributed by atoms with Crippen LogP contribution >= 0.6 is 0 Å². The number of nitrogens with zero attached hydrogens (tertiary/aromatic N) is 1. The lowest BCUT2D eigenvalue weighted by Crippen LogP contribution is -2.42. The summed E-state index contributed by atoms with van der Waals surface area (Å²) in [7, 11) is 0. The third-order valence-corrected chi connectivity index (χ3v) is 4.00. The molecule has 1 heterocycles. The van der Waals surface area contributed by atoms with Gasteiger partial charge in [-0.3, -0.25) is 14.6 Å². The second-order valence-electron chi connectivity index (χ2n) is 6.48. The van der Waals surface area contributed by atoms with Crippen LogP contribution in [0.5, 0.6) is 0 Å². The van der Waals surface area contributed by atoms with Crippen molar-refractivity contribution < 1.29 is 9.59 Å². The number of amides is 2. The fourth-order valence-electron chi connectivity index (χ4n) is 2.25. The van der Waals surface area contributed by atoms with E-state index in [-0.39, 0.29) is 5.91 Å². The number of aromatic nitrogens is 1. The second kappa shape index (κ2) is 6.24. The van der Waals surface area contributed by atoms with Gasteiger partial charge in [0.05, 0.1) is 11.9 Å². The largest absolute Gasteiger partial charge is 0.369 e. The standard InChI is InChI=1S/C16H25N3O2/c1-6-16(5,10-15(3,4)13(17)20)14(21)19-12-8-7-11(2)18-9-12/h7-9H,6,10H2,1-5H3,(H2,17,20)(H,19,21). The van der Waals surface area contributed by atoms with Crippen molar-refractivity contribution in [3.63, 3.8) is 0 Å². The topological polar surface area (TPSA) is 85.1 Å². The lowest BCUT2D eigenvalue weighted by Gasteiger charge is -2.34. The molecule has 2 amide bonds. The summed E-state index contributed by atoms with van der Waals surface area (Å²) in [5.41, 5.74) is 5.57. The maximum atomic E-state index is 12.6. The van der Waals surface area contributed by atoms with Crippen LogP contribution in [0.15, 0.2) is 18.3 Å². The van der Waals surface area contributed by atoms with Crippen molar-refractivity contribution in [2.45, 2.75) is 47.5 Å². The van der Waals surface area contributed by atoms with Crippen molar-refractivity contribution in [1.29, 1.82) is 0 Å². The summed E-state index contributed by atoms with van der Waals surface area (Å²) < 4.78 is 0. The van der Waals surface area contributed by atoms with E-state index in [4.69, 9.17) is 5.73 Å². The van der Waals surface area contributed by atoms with Crippen molar-refractivity contribution >= 4 is 17.5 Å². The monoisotopic (exact) mass is 291 g/mol. The molecule has 116 valence electrons. The second-order valence-corrected chi connectivity index (χ2v) is 6.48. The number of rotatable bonds is 6. The highest BCUT2D eigenvalue weighted by atomic mass is 16.2. The van der Waals surface area contributed by atoms with Gasteiger partial charge in [0.25, 0.3) is 0 Å². The van der Waals surface area contributed by atoms with E-state index >= 15 is 0 Å². The molecule has 0 aromatic carbocycles. The summed E-state index contributed by atoms with van der Waals surface area (Å²) in [6.07, 6.45) is 2.65. The number of nitrogens with one attached hydrogen (secondary N) is 1. The van der Waals surface area contributed by atoms with Gasteiger partial charge >= 0.3 is 0 Å². The molecule has 0 aliphatic heterocycles. The molecule has 1 aromatic rings. The minimum atomic E-state index is -0.729. The predicted molar refractivity (Wildman–Crippen MR) is 83.6 cm³/mol. The Labute approximate surface area is 126 Å². The fraction of sp³-hybridized carbons (Fsp3) is 0.562. The molecule has 1 aromatic heterocycles. The van der Waals surface area contributed by atoms with Gasteiger partial charge in [0.1, 0.15) is 0 Å². The van der Waals surface area contributed by atoms with Crippen molar-refractivity contribution in [3.05, 3.63) is 24.0 Å². The van der Waals surface area contributed by atoms with Gasteiger partial charge in [-0.1, -0.05) is 27.7 Å². The maximum Gasteiger partial charge on any atom is 0.230 e. The average molecular weight is 291 g/mol. The number of primary amides is 1. The van der Waals surface area contributed by atoms with Gasteiger partial charge in [0, 0.05) is 16.5 Å². The summed E-state index contributed by atoms with van der Waals surface area (Å²) >= 11 is 0. The quantitative estimate of drug-likeness (QED) is 0.845. The Kier molecular flexibility index (Phi) is 5.10. The van der Waals surface area contributed by atoms with Crippen LogP contribution in [0.4, 0.5) is 5.69 Å². The Balaban J connectivity index is 2.89. The number of carbonyl (C=O) groups is 2. The first-order valence-corrected chi connectivity index (χ1v) is 7.15. The first-order chi connectivity index (χ1) is 9.60. The zero-order valence-electron chi connectivity index (χ0n) is 13.5. The zero-order valence-corrected chi connectivity index (χ0v) is 13.5. The number of anilines is 1. The minimum absolute atomic E-state index is 0.120. The lowest BCUT2D eigenvalue weighted by atomic mass is 9.71. The molecule has 3 N–H and O–H groups in total.